The van der Waals surface area contributed by atoms with Crippen molar-refractivity contribution in [3.8, 4) is 22.6 Å². The van der Waals surface area contributed by atoms with Crippen molar-refractivity contribution < 1.29 is 14.3 Å². The lowest BCUT2D eigenvalue weighted by Gasteiger charge is -2.26. The minimum Gasteiger partial charge on any atom is -0.497 e. The number of benzene rings is 3. The van der Waals surface area contributed by atoms with Gasteiger partial charge in [-0.05, 0) is 61.4 Å². The van der Waals surface area contributed by atoms with Crippen LogP contribution in [0.3, 0.4) is 0 Å². The monoisotopic (exact) mass is 524 g/mol. The lowest BCUT2D eigenvalue weighted by atomic mass is 9.92. The number of amides is 2. The maximum Gasteiger partial charge on any atom is 0.254 e. The quantitative estimate of drug-likeness (QED) is 0.292. The highest BCUT2D eigenvalue weighted by Crippen LogP contribution is 2.27. The summed E-state index contributed by atoms with van der Waals surface area (Å²) in [6.45, 7) is 9.94. The molecule has 0 saturated heterocycles. The Bertz CT molecular complexity index is 1420. The van der Waals surface area contributed by atoms with Crippen molar-refractivity contribution in [2.45, 2.75) is 46.1 Å². The number of nitrogens with zero attached hydrogens (tertiary/aromatic N) is 3. The predicted molar refractivity (Wildman–Crippen MR) is 155 cm³/mol. The molecule has 0 aliphatic rings. The number of aromatic nitrogens is 2. The van der Waals surface area contributed by atoms with E-state index in [1.165, 1.54) is 0 Å². The van der Waals surface area contributed by atoms with E-state index in [4.69, 9.17) is 9.84 Å². The van der Waals surface area contributed by atoms with E-state index < -0.39 is 0 Å². The largest absolute Gasteiger partial charge is 0.497 e. The summed E-state index contributed by atoms with van der Waals surface area (Å²) in [7, 11) is 1.62. The van der Waals surface area contributed by atoms with Crippen LogP contribution in [0.5, 0.6) is 5.75 Å². The van der Waals surface area contributed by atoms with Gasteiger partial charge in [0, 0.05) is 23.1 Å². The van der Waals surface area contributed by atoms with Crippen molar-refractivity contribution in [2.24, 2.45) is 0 Å². The Morgan fingerprint density at radius 3 is 2.10 bits per heavy atom. The molecule has 1 aromatic heterocycles. The van der Waals surface area contributed by atoms with E-state index in [2.05, 4.69) is 26.1 Å². The van der Waals surface area contributed by atoms with Gasteiger partial charge in [0.05, 0.1) is 18.5 Å². The van der Waals surface area contributed by atoms with Gasteiger partial charge < -0.3 is 15.0 Å². The molecule has 2 amide bonds. The molecule has 0 unspecified atom stereocenters. The predicted octanol–water partition coefficient (Wildman–Crippen LogP) is 6.33. The summed E-state index contributed by atoms with van der Waals surface area (Å²) in [6.07, 6.45) is 0. The maximum absolute atomic E-state index is 13.4. The van der Waals surface area contributed by atoms with Crippen molar-refractivity contribution in [3.63, 3.8) is 0 Å². The number of ether oxygens (including phenoxy) is 1. The van der Waals surface area contributed by atoms with Crippen molar-refractivity contribution >= 4 is 17.6 Å². The lowest BCUT2D eigenvalue weighted by molar-refractivity contribution is -0.117. The first kappa shape index (κ1) is 27.6. The van der Waals surface area contributed by atoms with Crippen LogP contribution in [0.1, 0.15) is 50.7 Å². The fourth-order valence-electron chi connectivity index (χ4n) is 4.18. The Labute approximate surface area is 230 Å². The second-order valence-electron chi connectivity index (χ2n) is 10.8. The van der Waals surface area contributed by atoms with Crippen molar-refractivity contribution in [3.05, 3.63) is 96.2 Å². The molecule has 4 rings (SSSR count). The first-order chi connectivity index (χ1) is 18.6. The van der Waals surface area contributed by atoms with E-state index in [0.29, 0.717) is 11.4 Å². The molecule has 0 saturated carbocycles. The van der Waals surface area contributed by atoms with Gasteiger partial charge in [0.2, 0.25) is 5.91 Å². The topological polar surface area (TPSA) is 76.5 Å². The summed E-state index contributed by atoms with van der Waals surface area (Å²) in [5.41, 5.74) is 4.06. The summed E-state index contributed by atoms with van der Waals surface area (Å²) in [5, 5.41) is 7.76. The molecule has 0 fully saturated rings. The van der Waals surface area contributed by atoms with E-state index in [1.807, 2.05) is 98.8 Å². The van der Waals surface area contributed by atoms with Gasteiger partial charge >= 0.3 is 0 Å². The smallest absolute Gasteiger partial charge is 0.254 e. The van der Waals surface area contributed by atoms with Crippen LogP contribution in [-0.4, -0.2) is 46.2 Å². The highest BCUT2D eigenvalue weighted by molar-refractivity contribution is 5.99. The molecule has 1 heterocycles. The molecule has 0 bridgehead atoms. The molecule has 0 radical (unpaired) electrons. The fraction of sp³-hybridized carbons (Fsp3) is 0.281. The van der Waals surface area contributed by atoms with E-state index in [1.54, 1.807) is 16.7 Å². The maximum atomic E-state index is 13.4. The second kappa shape index (κ2) is 11.6. The molecule has 7 nitrogen and oxygen atoms in total. The number of rotatable bonds is 8. The molecule has 202 valence electrons. The SMILES string of the molecule is COc1ccc(-n2nc(C(C)(C)C)cc2NC(=O)CN(C(=O)c2ccc(-c3ccccc3)cc2)C(C)C)cc1. The van der Waals surface area contributed by atoms with Gasteiger partial charge in [-0.15, -0.1) is 0 Å². The lowest BCUT2D eigenvalue weighted by Crippen LogP contribution is -2.42. The average molecular weight is 525 g/mol. The molecule has 4 aromatic rings. The molecule has 39 heavy (non-hydrogen) atoms. The Hall–Kier alpha value is -4.39. The van der Waals surface area contributed by atoms with E-state index in [-0.39, 0.29) is 29.8 Å². The van der Waals surface area contributed by atoms with Gasteiger partial charge in [-0.1, -0.05) is 63.2 Å². The number of nitrogens with one attached hydrogen (secondary N) is 1. The third kappa shape index (κ3) is 6.55. The standard InChI is InChI=1S/C32H36N4O3/c1-22(2)35(31(38)25-14-12-24(13-15-25)23-10-8-7-9-11-23)21-30(37)33-29-20-28(32(3,4)5)34-36(29)26-16-18-27(39-6)19-17-26/h7-20,22H,21H2,1-6H3,(H,33,37). The minimum atomic E-state index is -0.298. The Morgan fingerprint density at radius 1 is 0.923 bits per heavy atom. The van der Waals surface area contributed by atoms with Crippen molar-refractivity contribution in [2.75, 3.05) is 19.0 Å². The fourth-order valence-corrected chi connectivity index (χ4v) is 4.18. The van der Waals surface area contributed by atoms with Crippen molar-refractivity contribution in [1.29, 1.82) is 0 Å². The number of anilines is 1. The molecule has 3 aromatic carbocycles. The summed E-state index contributed by atoms with van der Waals surface area (Å²) in [6, 6.07) is 26.7. The normalized spacial score (nSPS) is 11.4. The van der Waals surface area contributed by atoms with E-state index >= 15 is 0 Å². The van der Waals surface area contributed by atoms with Crippen LogP contribution in [0.25, 0.3) is 16.8 Å². The molecule has 0 aliphatic carbocycles. The Balaban J connectivity index is 1.54. The summed E-state index contributed by atoms with van der Waals surface area (Å²) in [4.78, 5) is 28.3. The Kier molecular flexibility index (Phi) is 8.19. The zero-order valence-electron chi connectivity index (χ0n) is 23.4. The van der Waals surface area contributed by atoms with Gasteiger partial charge in [-0.3, -0.25) is 9.59 Å². The van der Waals surface area contributed by atoms with Crippen LogP contribution >= 0.6 is 0 Å². The summed E-state index contributed by atoms with van der Waals surface area (Å²) in [5.74, 6) is 0.778. The number of carbonyl (C=O) groups excluding carboxylic acids is 2. The molecular formula is C32H36N4O3. The van der Waals surface area contributed by atoms with Gasteiger partial charge in [-0.25, -0.2) is 4.68 Å². The van der Waals surface area contributed by atoms with E-state index in [9.17, 15) is 9.59 Å². The number of hydrogen-bond donors (Lipinski definition) is 1. The average Bonchev–Trinajstić information content (AvgIpc) is 3.36. The number of hydrogen-bond acceptors (Lipinski definition) is 4. The third-order valence-corrected chi connectivity index (χ3v) is 6.50. The number of carbonyl (C=O) groups is 2. The first-order valence-corrected chi connectivity index (χ1v) is 13.1. The first-order valence-electron chi connectivity index (χ1n) is 13.1. The van der Waals surface area contributed by atoms with Crippen LogP contribution in [0, 0.1) is 0 Å². The van der Waals surface area contributed by atoms with Gasteiger partial charge in [-0.2, -0.15) is 5.10 Å². The summed E-state index contributed by atoms with van der Waals surface area (Å²) >= 11 is 0. The highest BCUT2D eigenvalue weighted by atomic mass is 16.5. The third-order valence-electron chi connectivity index (χ3n) is 6.50. The van der Waals surface area contributed by atoms with Gasteiger partial charge in [0.25, 0.3) is 5.91 Å². The zero-order valence-corrected chi connectivity index (χ0v) is 23.4. The Morgan fingerprint density at radius 2 is 1.54 bits per heavy atom. The molecule has 0 atom stereocenters. The molecule has 7 heteroatoms. The van der Waals surface area contributed by atoms with Crippen LogP contribution in [0.4, 0.5) is 5.82 Å². The molecule has 0 aliphatic heterocycles. The number of methoxy groups -OCH3 is 1. The molecular weight excluding hydrogens is 488 g/mol. The second-order valence-corrected chi connectivity index (χ2v) is 10.8. The minimum absolute atomic E-state index is 0.0877. The van der Waals surface area contributed by atoms with Crippen LogP contribution < -0.4 is 10.1 Å². The van der Waals surface area contributed by atoms with Gasteiger partial charge in [0.1, 0.15) is 18.1 Å². The van der Waals surface area contributed by atoms with Gasteiger partial charge in [0.15, 0.2) is 0 Å². The molecule has 1 N–H and O–H groups in total. The molecule has 0 spiro atoms. The van der Waals surface area contributed by atoms with E-state index in [0.717, 1.165) is 28.3 Å². The van der Waals surface area contributed by atoms with Crippen molar-refractivity contribution in [1.82, 2.24) is 14.7 Å². The zero-order chi connectivity index (χ0) is 28.2. The highest BCUT2D eigenvalue weighted by Gasteiger charge is 2.25. The van der Waals surface area contributed by atoms with Crippen LogP contribution in [-0.2, 0) is 10.2 Å². The van der Waals surface area contributed by atoms with Crippen LogP contribution in [0.2, 0.25) is 0 Å². The van der Waals surface area contributed by atoms with Crippen LogP contribution in [0.15, 0.2) is 84.9 Å². The summed E-state index contributed by atoms with van der Waals surface area (Å²) < 4.78 is 6.99.